The second kappa shape index (κ2) is 8.06. The molecule has 1 aliphatic carbocycles. The third-order valence-corrected chi connectivity index (χ3v) is 6.36. The average molecular weight is 455 g/mol. The van der Waals surface area contributed by atoms with Gasteiger partial charge in [0.05, 0.1) is 22.7 Å². The van der Waals surface area contributed by atoms with E-state index >= 15 is 0 Å². The maximum Gasteiger partial charge on any atom is 0.271 e. The van der Waals surface area contributed by atoms with Crippen molar-refractivity contribution in [3.05, 3.63) is 74.4 Å². The van der Waals surface area contributed by atoms with Crippen molar-refractivity contribution >= 4 is 34.7 Å². The number of carbonyl (C=O) groups is 2. The lowest BCUT2D eigenvalue weighted by Crippen LogP contribution is -2.43. The summed E-state index contributed by atoms with van der Waals surface area (Å²) in [4.78, 5) is 39.0. The molecule has 2 aromatic rings. The van der Waals surface area contributed by atoms with Crippen LogP contribution in [0.25, 0.3) is 0 Å². The molecule has 32 heavy (non-hydrogen) atoms. The number of halogens is 1. The summed E-state index contributed by atoms with van der Waals surface area (Å²) in [6.07, 6.45) is 0.908. The lowest BCUT2D eigenvalue weighted by molar-refractivity contribution is -0.384. The van der Waals surface area contributed by atoms with Crippen LogP contribution in [0.15, 0.2) is 53.7 Å². The number of anilines is 1. The quantitative estimate of drug-likeness (QED) is 0.454. The number of carbonyl (C=O) groups excluding carboxylic acids is 2. The molecule has 4 rings (SSSR count). The Hall–Kier alpha value is -3.19. The summed E-state index contributed by atoms with van der Waals surface area (Å²) in [7, 11) is 1.58. The molecule has 0 fully saturated rings. The highest BCUT2D eigenvalue weighted by molar-refractivity contribution is 6.34. The van der Waals surface area contributed by atoms with Gasteiger partial charge in [-0.1, -0.05) is 37.6 Å². The van der Waals surface area contributed by atoms with Crippen LogP contribution < -0.4 is 9.64 Å². The first kappa shape index (κ1) is 22.0. The molecule has 0 saturated carbocycles. The van der Waals surface area contributed by atoms with Gasteiger partial charge in [-0.15, -0.1) is 0 Å². The highest BCUT2D eigenvalue weighted by Crippen LogP contribution is 2.49. The van der Waals surface area contributed by atoms with Gasteiger partial charge in [0.1, 0.15) is 5.75 Å². The third kappa shape index (κ3) is 3.88. The van der Waals surface area contributed by atoms with Crippen molar-refractivity contribution in [3.8, 4) is 5.75 Å². The van der Waals surface area contributed by atoms with E-state index in [9.17, 15) is 19.7 Å². The predicted octanol–water partition coefficient (Wildman–Crippen LogP) is 5.42. The lowest BCUT2D eigenvalue weighted by Gasteiger charge is -2.43. The minimum absolute atomic E-state index is 0.0175. The molecule has 0 saturated heterocycles. The highest BCUT2D eigenvalue weighted by atomic mass is 35.5. The Bertz CT molecular complexity index is 1150. The van der Waals surface area contributed by atoms with E-state index in [0.29, 0.717) is 29.9 Å². The number of allylic oxidation sites excluding steroid dienone is 2. The molecule has 1 amide bonds. The van der Waals surface area contributed by atoms with Gasteiger partial charge in [-0.25, -0.2) is 0 Å². The molecule has 166 valence electrons. The molecule has 0 bridgehead atoms. The van der Waals surface area contributed by atoms with Gasteiger partial charge in [0.15, 0.2) is 5.78 Å². The fraction of sp³-hybridized carbons (Fsp3) is 0.333. The highest BCUT2D eigenvalue weighted by Gasteiger charge is 2.45. The van der Waals surface area contributed by atoms with E-state index in [-0.39, 0.29) is 45.8 Å². The number of Topliss-reactive ketones (excluding diaryl/α,β-unsaturated/α-hetero) is 1. The van der Waals surface area contributed by atoms with E-state index < -0.39 is 4.92 Å². The fourth-order valence-electron chi connectivity index (χ4n) is 4.60. The van der Waals surface area contributed by atoms with Crippen LogP contribution in [0.5, 0.6) is 5.75 Å². The largest absolute Gasteiger partial charge is 0.497 e. The minimum Gasteiger partial charge on any atom is -0.497 e. The monoisotopic (exact) mass is 454 g/mol. The second-order valence-electron chi connectivity index (χ2n) is 8.95. The van der Waals surface area contributed by atoms with Gasteiger partial charge < -0.3 is 4.74 Å². The number of methoxy groups -OCH3 is 1. The number of ether oxygens (including phenoxy) is 1. The normalized spacial score (nSPS) is 20.2. The molecule has 1 aliphatic heterocycles. The van der Waals surface area contributed by atoms with Crippen LogP contribution in [0, 0.1) is 15.5 Å². The molecule has 0 aromatic heterocycles. The first-order chi connectivity index (χ1) is 15.1. The van der Waals surface area contributed by atoms with Crippen molar-refractivity contribution in [2.45, 2.75) is 39.0 Å². The van der Waals surface area contributed by atoms with Gasteiger partial charge in [-0.3, -0.25) is 24.6 Å². The summed E-state index contributed by atoms with van der Waals surface area (Å²) in [6, 6.07) is 11.3. The van der Waals surface area contributed by atoms with Crippen molar-refractivity contribution in [2.75, 3.05) is 12.0 Å². The van der Waals surface area contributed by atoms with Crippen molar-refractivity contribution < 1.29 is 19.2 Å². The molecule has 8 heteroatoms. The number of hydrogen-bond acceptors (Lipinski definition) is 5. The summed E-state index contributed by atoms with van der Waals surface area (Å²) in [5.74, 6) is 0.0283. The van der Waals surface area contributed by atoms with E-state index in [0.717, 1.165) is 5.56 Å². The first-order valence-electron chi connectivity index (χ1n) is 10.3. The fourth-order valence-corrected chi connectivity index (χ4v) is 4.80. The van der Waals surface area contributed by atoms with Crippen LogP contribution in [0.2, 0.25) is 5.02 Å². The van der Waals surface area contributed by atoms with Gasteiger partial charge in [0.2, 0.25) is 5.91 Å². The summed E-state index contributed by atoms with van der Waals surface area (Å²) >= 11 is 6.39. The maximum absolute atomic E-state index is 13.4. The topological polar surface area (TPSA) is 89.8 Å². The van der Waals surface area contributed by atoms with Crippen LogP contribution in [0.1, 0.15) is 44.6 Å². The van der Waals surface area contributed by atoms with Crippen LogP contribution in [-0.4, -0.2) is 23.7 Å². The number of ketones is 1. The predicted molar refractivity (Wildman–Crippen MR) is 121 cm³/mol. The molecule has 2 aromatic carbocycles. The number of amides is 1. The Morgan fingerprint density at radius 2 is 1.81 bits per heavy atom. The number of nitro benzene ring substituents is 1. The summed E-state index contributed by atoms with van der Waals surface area (Å²) in [5, 5.41) is 11.6. The summed E-state index contributed by atoms with van der Waals surface area (Å²) in [6.45, 7) is 3.95. The number of non-ortho nitro benzene ring substituents is 1. The molecule has 0 N–H and O–H groups in total. The Labute approximate surface area is 190 Å². The maximum atomic E-state index is 13.4. The van der Waals surface area contributed by atoms with Crippen molar-refractivity contribution in [2.24, 2.45) is 5.41 Å². The number of rotatable bonds is 4. The number of hydrogen-bond donors (Lipinski definition) is 0. The van der Waals surface area contributed by atoms with E-state index in [4.69, 9.17) is 16.3 Å². The Morgan fingerprint density at radius 1 is 1.12 bits per heavy atom. The summed E-state index contributed by atoms with van der Waals surface area (Å²) in [5.41, 5.74) is 1.71. The molecule has 0 spiro atoms. The molecular formula is C24H23ClN2O5. The molecular weight excluding hydrogens is 432 g/mol. The van der Waals surface area contributed by atoms with Crippen LogP contribution in [-0.2, 0) is 9.59 Å². The molecule has 0 radical (unpaired) electrons. The Kier molecular flexibility index (Phi) is 5.54. The SMILES string of the molecule is COc1ccc(C2CC(=O)N(c3cc([N+](=O)[O-])ccc3Cl)C3=C2C(=O)CC(C)(C)C3)cc1. The number of nitro groups is 1. The zero-order valence-electron chi connectivity index (χ0n) is 18.1. The van der Waals surface area contributed by atoms with Crippen molar-refractivity contribution in [3.63, 3.8) is 0 Å². The summed E-state index contributed by atoms with van der Waals surface area (Å²) < 4.78 is 5.23. The van der Waals surface area contributed by atoms with E-state index in [1.54, 1.807) is 19.2 Å². The van der Waals surface area contributed by atoms with Crippen LogP contribution in [0.3, 0.4) is 0 Å². The van der Waals surface area contributed by atoms with E-state index in [1.807, 2.05) is 26.0 Å². The standard InChI is InChI=1S/C24H23ClN2O5/c1-24(2)12-20-23(21(28)13-24)17(14-4-7-16(32-3)8-5-14)11-22(29)26(20)19-10-15(27(30)31)6-9-18(19)25/h4-10,17H,11-13H2,1-3H3. The van der Waals surface area contributed by atoms with E-state index in [2.05, 4.69) is 0 Å². The van der Waals surface area contributed by atoms with Gasteiger partial charge in [0.25, 0.3) is 5.69 Å². The molecule has 2 aliphatic rings. The van der Waals surface area contributed by atoms with Gasteiger partial charge in [-0.2, -0.15) is 0 Å². The Morgan fingerprint density at radius 3 is 2.44 bits per heavy atom. The van der Waals surface area contributed by atoms with Crippen LogP contribution in [0.4, 0.5) is 11.4 Å². The minimum atomic E-state index is -0.528. The first-order valence-corrected chi connectivity index (χ1v) is 10.7. The smallest absolute Gasteiger partial charge is 0.271 e. The Balaban J connectivity index is 1.90. The molecule has 7 nitrogen and oxygen atoms in total. The van der Waals surface area contributed by atoms with Crippen molar-refractivity contribution in [1.82, 2.24) is 0 Å². The average Bonchev–Trinajstić information content (AvgIpc) is 2.73. The number of nitrogens with zero attached hydrogens (tertiary/aromatic N) is 2. The second-order valence-corrected chi connectivity index (χ2v) is 9.36. The third-order valence-electron chi connectivity index (χ3n) is 6.04. The van der Waals surface area contributed by atoms with Crippen molar-refractivity contribution in [1.29, 1.82) is 0 Å². The van der Waals surface area contributed by atoms with Crippen LogP contribution >= 0.6 is 11.6 Å². The molecule has 1 unspecified atom stereocenters. The number of benzene rings is 2. The van der Waals surface area contributed by atoms with E-state index in [1.165, 1.54) is 23.1 Å². The zero-order valence-corrected chi connectivity index (χ0v) is 18.8. The molecule has 1 atom stereocenters. The van der Waals surface area contributed by atoms with Gasteiger partial charge in [-0.05, 0) is 35.6 Å². The molecule has 1 heterocycles. The zero-order chi connectivity index (χ0) is 23.2. The lowest BCUT2D eigenvalue weighted by atomic mass is 9.69. The van der Waals surface area contributed by atoms with Gasteiger partial charge in [0, 0.05) is 42.2 Å². The van der Waals surface area contributed by atoms with Gasteiger partial charge >= 0.3 is 0 Å².